The highest BCUT2D eigenvalue weighted by atomic mass is 32.1. The van der Waals surface area contributed by atoms with Crippen LogP contribution in [0.1, 0.15) is 48.6 Å². The van der Waals surface area contributed by atoms with E-state index in [1.807, 2.05) is 44.3 Å². The second kappa shape index (κ2) is 9.66. The van der Waals surface area contributed by atoms with Crippen molar-refractivity contribution in [3.8, 4) is 28.0 Å². The fourth-order valence-corrected chi connectivity index (χ4v) is 5.12. The Kier molecular flexibility index (Phi) is 6.52. The average molecular weight is 446 g/mol. The molecule has 4 aromatic heterocycles. The van der Waals surface area contributed by atoms with Crippen LogP contribution in [0, 0.1) is 11.3 Å². The minimum atomic E-state index is 0.538. The number of hydrogen-bond acceptors (Lipinski definition) is 8. The van der Waals surface area contributed by atoms with E-state index in [1.54, 1.807) is 22.0 Å². The molecule has 0 spiro atoms. The molecule has 8 nitrogen and oxygen atoms in total. The number of carbonyl (C=O) groups is 1. The van der Waals surface area contributed by atoms with Crippen LogP contribution in [-0.2, 0) is 4.79 Å². The third-order valence-electron chi connectivity index (χ3n) is 5.69. The first-order valence-corrected chi connectivity index (χ1v) is 11.3. The maximum absolute atomic E-state index is 9.08. The van der Waals surface area contributed by atoms with Crippen molar-refractivity contribution in [2.24, 2.45) is 0 Å². The maximum Gasteiger partial charge on any atom is 0.151 e. The predicted molar refractivity (Wildman–Crippen MR) is 125 cm³/mol. The van der Waals surface area contributed by atoms with Gasteiger partial charge in [-0.15, -0.1) is 10.2 Å². The summed E-state index contributed by atoms with van der Waals surface area (Å²) in [6, 6.07) is 9.87. The van der Waals surface area contributed by atoms with Gasteiger partial charge in [-0.3, -0.25) is 4.98 Å². The van der Waals surface area contributed by atoms with Crippen LogP contribution in [0.15, 0.2) is 36.7 Å². The van der Waals surface area contributed by atoms with E-state index in [1.165, 1.54) is 32.1 Å². The lowest BCUT2D eigenvalue weighted by atomic mass is 9.90. The molecule has 0 radical (unpaired) electrons. The molecule has 0 bridgehead atoms. The second-order valence-electron chi connectivity index (χ2n) is 7.56. The summed E-state index contributed by atoms with van der Waals surface area (Å²) in [5, 5.41) is 27.8. The number of pyridine rings is 1. The Hall–Kier alpha value is -3.64. The smallest absolute Gasteiger partial charge is 0.151 e. The summed E-state index contributed by atoms with van der Waals surface area (Å²) in [5.41, 5.74) is 4.99. The molecule has 0 unspecified atom stereocenters. The molecular weight excluding hydrogens is 422 g/mol. The van der Waals surface area contributed by atoms with Crippen LogP contribution >= 0.6 is 11.3 Å². The Balaban J connectivity index is 0.00000119. The predicted octanol–water partition coefficient (Wildman–Crippen LogP) is 4.69. The lowest BCUT2D eigenvalue weighted by Gasteiger charge is -2.18. The van der Waals surface area contributed by atoms with Gasteiger partial charge < -0.3 is 10.1 Å². The molecule has 5 rings (SSSR count). The van der Waals surface area contributed by atoms with Crippen molar-refractivity contribution in [2.45, 2.75) is 38.0 Å². The first kappa shape index (κ1) is 21.6. The number of rotatable bonds is 4. The monoisotopic (exact) mass is 445 g/mol. The number of nitrogens with one attached hydrogen (secondary N) is 1. The standard InChI is InChI=1S/C22H21N7S.CH2O/c1-24-18-10-19(20-8-7-16-9-14(11-23)12-26-29(16)20)25-13-17(18)22-28-27-21(30-22)15-5-3-2-4-6-15;1-2/h7-10,12-13,15H,2-6H2,1H3,(H,24,25);1H2. The van der Waals surface area contributed by atoms with E-state index >= 15 is 0 Å². The molecule has 1 aliphatic carbocycles. The van der Waals surface area contributed by atoms with Gasteiger partial charge in [0.15, 0.2) is 5.01 Å². The van der Waals surface area contributed by atoms with Crippen LogP contribution in [0.25, 0.3) is 27.5 Å². The molecule has 4 heterocycles. The first-order chi connectivity index (χ1) is 15.8. The summed E-state index contributed by atoms with van der Waals surface area (Å²) < 4.78 is 1.80. The molecule has 0 aromatic carbocycles. The van der Waals surface area contributed by atoms with E-state index in [2.05, 4.69) is 26.7 Å². The number of nitriles is 1. The highest BCUT2D eigenvalue weighted by Gasteiger charge is 2.21. The van der Waals surface area contributed by atoms with Crippen LogP contribution in [0.2, 0.25) is 0 Å². The Labute approximate surface area is 190 Å². The number of carbonyl (C=O) groups excluding carboxylic acids is 1. The van der Waals surface area contributed by atoms with Gasteiger partial charge in [-0.05, 0) is 37.1 Å². The van der Waals surface area contributed by atoms with Crippen molar-refractivity contribution in [1.82, 2.24) is 24.8 Å². The van der Waals surface area contributed by atoms with E-state index in [9.17, 15) is 0 Å². The van der Waals surface area contributed by atoms with Crippen LogP contribution in [-0.4, -0.2) is 38.6 Å². The van der Waals surface area contributed by atoms with Gasteiger partial charge >= 0.3 is 0 Å². The molecule has 32 heavy (non-hydrogen) atoms. The van der Waals surface area contributed by atoms with Gasteiger partial charge in [0, 0.05) is 24.8 Å². The SMILES string of the molecule is C=O.CNc1cc(-c2ccc3cc(C#N)cnn23)ncc1-c1nnc(C2CCCCC2)s1. The van der Waals surface area contributed by atoms with Crippen LogP contribution in [0.4, 0.5) is 5.69 Å². The minimum absolute atomic E-state index is 0.538. The lowest BCUT2D eigenvalue weighted by molar-refractivity contribution is -0.0979. The van der Waals surface area contributed by atoms with Crippen molar-refractivity contribution in [3.63, 3.8) is 0 Å². The summed E-state index contributed by atoms with van der Waals surface area (Å²) in [5.74, 6) is 0.548. The van der Waals surface area contributed by atoms with E-state index < -0.39 is 0 Å². The topological polar surface area (TPSA) is 109 Å². The van der Waals surface area contributed by atoms with Crippen LogP contribution in [0.3, 0.4) is 0 Å². The number of fused-ring (bicyclic) bond motifs is 1. The van der Waals surface area contributed by atoms with Crippen molar-refractivity contribution < 1.29 is 4.79 Å². The Morgan fingerprint density at radius 2 is 1.97 bits per heavy atom. The number of anilines is 1. The summed E-state index contributed by atoms with van der Waals surface area (Å²) in [4.78, 5) is 12.7. The van der Waals surface area contributed by atoms with E-state index in [-0.39, 0.29) is 0 Å². The van der Waals surface area contributed by atoms with E-state index in [0.717, 1.165) is 38.2 Å². The first-order valence-electron chi connectivity index (χ1n) is 10.5. The molecule has 1 fully saturated rings. The zero-order chi connectivity index (χ0) is 22.5. The Bertz CT molecular complexity index is 1270. The molecule has 0 amide bonds. The van der Waals surface area contributed by atoms with Gasteiger partial charge in [0.2, 0.25) is 0 Å². The number of nitrogens with zero attached hydrogens (tertiary/aromatic N) is 6. The fraction of sp³-hybridized carbons (Fsp3) is 0.304. The number of hydrogen-bond donors (Lipinski definition) is 1. The molecule has 0 saturated heterocycles. The minimum Gasteiger partial charge on any atom is -0.387 e. The van der Waals surface area contributed by atoms with E-state index in [0.29, 0.717) is 11.5 Å². The third-order valence-corrected chi connectivity index (χ3v) is 6.81. The fourth-order valence-electron chi connectivity index (χ4n) is 4.08. The second-order valence-corrected chi connectivity index (χ2v) is 8.57. The van der Waals surface area contributed by atoms with Crippen molar-refractivity contribution in [1.29, 1.82) is 5.26 Å². The van der Waals surface area contributed by atoms with Crippen LogP contribution in [0.5, 0.6) is 0 Å². The molecular formula is C23H23N7OS. The third kappa shape index (κ3) is 4.09. The molecule has 0 atom stereocenters. The van der Waals surface area contributed by atoms with Gasteiger partial charge in [0.1, 0.15) is 17.9 Å². The lowest BCUT2D eigenvalue weighted by Crippen LogP contribution is -2.03. The zero-order valence-electron chi connectivity index (χ0n) is 17.8. The van der Waals surface area contributed by atoms with Crippen molar-refractivity contribution in [2.75, 3.05) is 12.4 Å². The quantitative estimate of drug-likeness (QED) is 0.485. The zero-order valence-corrected chi connectivity index (χ0v) is 18.6. The highest BCUT2D eigenvalue weighted by molar-refractivity contribution is 7.14. The summed E-state index contributed by atoms with van der Waals surface area (Å²) in [6.45, 7) is 2.00. The molecule has 1 aliphatic rings. The van der Waals surface area contributed by atoms with Crippen molar-refractivity contribution in [3.05, 3.63) is 47.2 Å². The Morgan fingerprint density at radius 1 is 1.16 bits per heavy atom. The van der Waals surface area contributed by atoms with Crippen LogP contribution < -0.4 is 5.32 Å². The van der Waals surface area contributed by atoms with Gasteiger partial charge in [-0.1, -0.05) is 30.6 Å². The van der Waals surface area contributed by atoms with Gasteiger partial charge in [-0.25, -0.2) is 4.52 Å². The number of aromatic nitrogens is 5. The molecule has 0 aliphatic heterocycles. The summed E-state index contributed by atoms with van der Waals surface area (Å²) >= 11 is 1.68. The normalized spacial score (nSPS) is 13.9. The van der Waals surface area contributed by atoms with Gasteiger partial charge in [0.25, 0.3) is 0 Å². The highest BCUT2D eigenvalue weighted by Crippen LogP contribution is 2.38. The molecule has 1 saturated carbocycles. The van der Waals surface area contributed by atoms with Gasteiger partial charge in [-0.2, -0.15) is 10.4 Å². The maximum atomic E-state index is 9.08. The molecule has 9 heteroatoms. The Morgan fingerprint density at radius 3 is 2.72 bits per heavy atom. The van der Waals surface area contributed by atoms with Crippen molar-refractivity contribution >= 4 is 29.3 Å². The van der Waals surface area contributed by atoms with Gasteiger partial charge in [0.05, 0.1) is 34.2 Å². The van der Waals surface area contributed by atoms with E-state index in [4.69, 9.17) is 15.0 Å². The molecule has 162 valence electrons. The molecule has 4 aromatic rings. The largest absolute Gasteiger partial charge is 0.387 e. The molecule has 1 N–H and O–H groups in total. The summed E-state index contributed by atoms with van der Waals surface area (Å²) in [6.07, 6.45) is 9.75. The summed E-state index contributed by atoms with van der Waals surface area (Å²) in [7, 11) is 1.90. The average Bonchev–Trinajstić information content (AvgIpc) is 3.52.